The average molecular weight is 1520 g/mol. The molecule has 12 rings (SSSR count). The van der Waals surface area contributed by atoms with Crippen LogP contribution in [0.2, 0.25) is 0 Å². The summed E-state index contributed by atoms with van der Waals surface area (Å²) in [6.45, 7) is -3.27. The van der Waals surface area contributed by atoms with Crippen LogP contribution in [0.4, 0.5) is 43.9 Å². The summed E-state index contributed by atoms with van der Waals surface area (Å²) in [5, 5.41) is -1.93. The highest BCUT2D eigenvalue weighted by atomic mass is 32.2. The fourth-order valence-electron chi connectivity index (χ4n) is 12.1. The van der Waals surface area contributed by atoms with Crippen LogP contribution in [0.25, 0.3) is 44.1 Å². The number of alkyl halides is 6. The van der Waals surface area contributed by atoms with Crippen LogP contribution in [0.1, 0.15) is 97.6 Å². The van der Waals surface area contributed by atoms with Crippen molar-refractivity contribution in [3.05, 3.63) is 270 Å². The molecule has 2 aliphatic heterocycles. The Hall–Kier alpha value is -9.04. The molecule has 2 amide bonds. The van der Waals surface area contributed by atoms with E-state index in [0.29, 0.717) is 47.1 Å². The van der Waals surface area contributed by atoms with Crippen LogP contribution in [0.3, 0.4) is 0 Å². The lowest BCUT2D eigenvalue weighted by Crippen LogP contribution is -2.48. The molecule has 0 N–H and O–H groups in total. The number of pyridine rings is 2. The first kappa shape index (κ1) is 55.4. The molecule has 106 heavy (non-hydrogen) atoms. The van der Waals surface area contributed by atoms with Gasteiger partial charge in [0.1, 0.15) is 13.1 Å². The number of hydrogen-bond donors (Lipinski definition) is 0. The number of benzene rings is 8. The van der Waals surface area contributed by atoms with E-state index in [1.165, 1.54) is 98.8 Å². The van der Waals surface area contributed by atoms with Crippen LogP contribution < -0.4 is 10.9 Å². The van der Waals surface area contributed by atoms with Crippen molar-refractivity contribution in [2.45, 2.75) is 112 Å². The van der Waals surface area contributed by atoms with Crippen molar-refractivity contribution < 1.29 is 90.4 Å². The normalized spacial score (nSPS) is 17.5. The zero-order valence-corrected chi connectivity index (χ0v) is 58.3. The smallest absolute Gasteiger partial charge is 0.383 e. The molecule has 4 heterocycles. The monoisotopic (exact) mass is 1520 g/mol. The lowest BCUT2D eigenvalue weighted by atomic mass is 10.00. The van der Waals surface area contributed by atoms with Gasteiger partial charge in [-0.15, -0.1) is 23.5 Å². The molecule has 0 saturated carbocycles. The van der Waals surface area contributed by atoms with Gasteiger partial charge in [0.25, 0.3) is 0 Å². The summed E-state index contributed by atoms with van der Waals surface area (Å²) in [4.78, 5) is 63.3. The molecule has 2 saturated heterocycles. The molecule has 12 nitrogen and oxygen atoms in total. The minimum absolute atomic E-state index is 0.0177. The molecule has 2 aromatic heterocycles. The van der Waals surface area contributed by atoms with Gasteiger partial charge in [-0.1, -0.05) is 120 Å². The van der Waals surface area contributed by atoms with E-state index in [9.17, 15) is 59.4 Å². The molecule has 2 fully saturated rings. The fourth-order valence-corrected chi connectivity index (χ4v) is 13.9. The van der Waals surface area contributed by atoms with Crippen molar-refractivity contribution in [2.24, 2.45) is 0 Å². The number of halogens is 10. The standard InChI is InChI=1S/2C41H40F5N3O3S/c2*1-27-6-15-36-34(22-27)37(50)23-39(53-26-31-4-3-5-35(42)40(31)43)49(36)25-38(51)48(33-16-18-47(19-17-33)20-21-52-2)24-28-7-9-29(10-8-28)30-11-13-32(14-12-30)41(44,45)46/h2*3-15,22-23,33H,16-21,24-26H2,1-2H3/i2D3,6D,15D,22D,23D,24D2,26D2;2D3,6D,15D,22D,23D,24D2. The van der Waals surface area contributed by atoms with E-state index in [4.69, 9.17) is 31.4 Å². The number of piperidine rings is 2. The third-order valence-electron chi connectivity index (χ3n) is 17.7. The molecule has 0 spiro atoms. The van der Waals surface area contributed by atoms with Gasteiger partial charge in [-0.25, -0.2) is 17.6 Å². The molecule has 0 unspecified atom stereocenters. The van der Waals surface area contributed by atoms with Gasteiger partial charge in [-0.05, 0) is 133 Å². The lowest BCUT2D eigenvalue weighted by Gasteiger charge is -2.39. The zero-order valence-electron chi connectivity index (χ0n) is 76.7. The number of likely N-dealkylation sites (tertiary alicyclic amines) is 2. The Labute approximate surface area is 644 Å². The molecule has 0 bridgehead atoms. The number of thioether (sulfide) groups is 2. The number of methoxy groups -OCH3 is 2. The topological polar surface area (TPSA) is 110 Å². The van der Waals surface area contributed by atoms with Crippen molar-refractivity contribution in [1.29, 1.82) is 0 Å². The Kier molecular flexibility index (Phi) is 18.4. The molecule has 556 valence electrons. The molecule has 10 aromatic rings. The van der Waals surface area contributed by atoms with Gasteiger partial charge in [-0.3, -0.25) is 19.2 Å². The van der Waals surface area contributed by atoms with Gasteiger partial charge in [0.15, 0.2) is 34.1 Å². The Bertz CT molecular complexity index is 5870. The van der Waals surface area contributed by atoms with Crippen molar-refractivity contribution in [1.82, 2.24) is 28.7 Å². The van der Waals surface area contributed by atoms with Crippen LogP contribution in [0, 0.1) is 37.1 Å². The second kappa shape index (κ2) is 35.1. The van der Waals surface area contributed by atoms with Crippen LogP contribution in [0.5, 0.6) is 0 Å². The van der Waals surface area contributed by atoms with Gasteiger partial charge < -0.3 is 38.2 Å². The molecular weight excluding hydrogens is 1420 g/mol. The summed E-state index contributed by atoms with van der Waals surface area (Å²) in [5.74, 6) is -7.61. The summed E-state index contributed by atoms with van der Waals surface area (Å²) < 4.78 is 319. The van der Waals surface area contributed by atoms with E-state index in [2.05, 4.69) is 0 Å². The first-order valence-electron chi connectivity index (χ1n) is 43.1. The minimum Gasteiger partial charge on any atom is -0.383 e. The van der Waals surface area contributed by atoms with Crippen molar-refractivity contribution in [3.63, 3.8) is 0 Å². The van der Waals surface area contributed by atoms with E-state index < -0.39 is 203 Å². The summed E-state index contributed by atoms with van der Waals surface area (Å²) in [7, 11) is -5.24. The number of carbonyl (C=O) groups excluding carboxylic acids is 2. The largest absolute Gasteiger partial charge is 0.416 e. The second-order valence-corrected chi connectivity index (χ2v) is 26.6. The maximum absolute atomic E-state index is 15.1. The van der Waals surface area contributed by atoms with Gasteiger partial charge in [0, 0.05) is 127 Å². The van der Waals surface area contributed by atoms with Crippen LogP contribution >= 0.6 is 23.5 Å². The highest BCUT2D eigenvalue weighted by Gasteiger charge is 2.34. The van der Waals surface area contributed by atoms with Crippen molar-refractivity contribution in [3.8, 4) is 22.3 Å². The Morgan fingerprint density at radius 3 is 1.29 bits per heavy atom. The average Bonchev–Trinajstić information content (AvgIpc) is 0.732. The lowest BCUT2D eigenvalue weighted by molar-refractivity contribution is -0.138. The third-order valence-corrected chi connectivity index (χ3v) is 19.6. The van der Waals surface area contributed by atoms with Gasteiger partial charge in [-0.2, -0.15) is 26.3 Å². The van der Waals surface area contributed by atoms with E-state index >= 15 is 9.18 Å². The number of nitrogens with zero attached hydrogens (tertiary/aromatic N) is 6. The highest BCUT2D eigenvalue weighted by molar-refractivity contribution is 7.98. The van der Waals surface area contributed by atoms with Crippen LogP contribution in [-0.4, -0.2) is 119 Å². The Morgan fingerprint density at radius 2 is 0.896 bits per heavy atom. The van der Waals surface area contributed by atoms with E-state index in [-0.39, 0.29) is 121 Å². The second-order valence-electron chi connectivity index (χ2n) is 24.8. The quantitative estimate of drug-likeness (QED) is 0.0428. The number of fused-ring (bicyclic) bond motifs is 2. The van der Waals surface area contributed by atoms with Gasteiger partial charge in [0.05, 0.1) is 70.1 Å². The predicted octanol–water partition coefficient (Wildman–Crippen LogP) is 17.4. The fraction of sp³-hybridized carbons (Fsp3) is 0.317. The molecule has 0 atom stereocenters. The maximum Gasteiger partial charge on any atom is 0.416 e. The van der Waals surface area contributed by atoms with Gasteiger partial charge in [0.2, 0.25) is 11.8 Å². The third kappa shape index (κ3) is 19.6. The molecular formula is C82H80F10N6O6S2. The number of carbonyl (C=O) groups is 2. The summed E-state index contributed by atoms with van der Waals surface area (Å²) in [5.41, 5.74) is -7.27. The SMILES string of the molecule is [2H]c1c(C)c([2H])c2c(=O)c([2H])c(SC([2H])([2H])c3cccc(F)c3F)n(CC(=O)N(C3CCN(CCOC([2H])([2H])[2H])CC3)C([2H])([2H])c3ccc(-c4ccc(C(F)(F)F)cc4)cc3)c2c1[2H].[2H]c1c(C)c([2H])c2c(=O)c([2H])c(SCc3cccc(F)c3F)n(CC(=O)N(C3CCN(CCOC([2H])([2H])[2H])CC3)C([2H])([2H])c3ccc(-c4ccc(C(F)(F)F)cc4)cc3)c2c1[2H]. The molecule has 24 heteroatoms. The van der Waals surface area contributed by atoms with E-state index in [1.54, 1.807) is 0 Å². The maximum atomic E-state index is 15.1. The van der Waals surface area contributed by atoms with Crippen LogP contribution in [0.15, 0.2) is 201 Å². The Morgan fingerprint density at radius 1 is 0.519 bits per heavy atom. The summed E-state index contributed by atoms with van der Waals surface area (Å²) in [6, 6.07) is 19.6. The van der Waals surface area contributed by atoms with E-state index in [0.717, 1.165) is 67.5 Å². The first-order valence-corrected chi connectivity index (χ1v) is 34.9. The van der Waals surface area contributed by atoms with E-state index in [1.807, 2.05) is 9.80 Å². The molecule has 0 aliphatic carbocycles. The Balaban J connectivity index is 0.000000245. The van der Waals surface area contributed by atoms with Crippen molar-refractivity contribution in [2.75, 3.05) is 66.6 Å². The van der Waals surface area contributed by atoms with Crippen molar-refractivity contribution >= 4 is 57.1 Å². The molecule has 8 aromatic carbocycles. The number of hydrogen-bond acceptors (Lipinski definition) is 10. The number of aromatic nitrogens is 2. The molecule has 0 radical (unpaired) electrons. The summed E-state index contributed by atoms with van der Waals surface area (Å²) >= 11 is 0.729. The minimum atomic E-state index is -4.57. The zero-order chi connectivity index (χ0) is 92.7. The number of ether oxygens (including phenoxy) is 2. The molecule has 2 aliphatic rings. The summed E-state index contributed by atoms with van der Waals surface area (Å²) in [6.07, 6.45) is -8.50. The first-order chi connectivity index (χ1) is 58.7. The van der Waals surface area contributed by atoms with Gasteiger partial charge >= 0.3 is 12.4 Å². The predicted molar refractivity (Wildman–Crippen MR) is 395 cm³/mol. The number of amides is 2. The highest BCUT2D eigenvalue weighted by Crippen LogP contribution is 2.36. The van der Waals surface area contributed by atoms with Crippen LogP contribution in [-0.2, 0) is 69.0 Å². The number of rotatable bonds is 24.